The van der Waals surface area contributed by atoms with Crippen molar-refractivity contribution >= 4 is 40.7 Å². The minimum absolute atomic E-state index is 0.00229. The third kappa shape index (κ3) is 4.28. The monoisotopic (exact) mass is 451 g/mol. The smallest absolute Gasteiger partial charge is 0.283 e. The van der Waals surface area contributed by atoms with E-state index in [1.54, 1.807) is 36.4 Å². The fraction of sp³-hybridized carbons (Fsp3) is 0.320. The van der Waals surface area contributed by atoms with Crippen LogP contribution in [0.15, 0.2) is 59.3 Å². The zero-order valence-corrected chi connectivity index (χ0v) is 19.0. The first-order valence-electron chi connectivity index (χ1n) is 10.9. The van der Waals surface area contributed by atoms with Crippen molar-refractivity contribution < 1.29 is 14.4 Å². The Bertz CT molecular complexity index is 1090. The molecule has 32 heavy (non-hydrogen) atoms. The van der Waals surface area contributed by atoms with Crippen molar-refractivity contribution in [2.45, 2.75) is 45.1 Å². The lowest BCUT2D eigenvalue weighted by atomic mass is 9.94. The summed E-state index contributed by atoms with van der Waals surface area (Å²) in [4.78, 5) is 41.5. The number of benzene rings is 2. The highest BCUT2D eigenvalue weighted by atomic mass is 35.5. The fourth-order valence-electron chi connectivity index (χ4n) is 4.25. The highest BCUT2D eigenvalue weighted by Gasteiger charge is 2.39. The van der Waals surface area contributed by atoms with Crippen LogP contribution in [0.2, 0.25) is 0 Å². The minimum Gasteiger partial charge on any atom is -0.350 e. The van der Waals surface area contributed by atoms with Crippen molar-refractivity contribution in [1.82, 2.24) is 4.90 Å². The van der Waals surface area contributed by atoms with Gasteiger partial charge in [0.05, 0.1) is 5.69 Å². The maximum atomic E-state index is 13.0. The van der Waals surface area contributed by atoms with Gasteiger partial charge in [-0.15, -0.1) is 0 Å². The average Bonchev–Trinajstić information content (AvgIpc) is 3.02. The molecule has 1 aliphatic carbocycles. The zero-order valence-electron chi connectivity index (χ0n) is 18.2. The van der Waals surface area contributed by atoms with E-state index in [2.05, 4.69) is 5.32 Å². The van der Waals surface area contributed by atoms with E-state index in [1.807, 2.05) is 31.0 Å². The zero-order chi connectivity index (χ0) is 22.8. The van der Waals surface area contributed by atoms with Crippen LogP contribution in [0.4, 0.5) is 11.4 Å². The van der Waals surface area contributed by atoms with Crippen LogP contribution in [0, 0.1) is 6.92 Å². The molecular weight excluding hydrogens is 426 g/mol. The maximum Gasteiger partial charge on any atom is 0.283 e. The molecule has 4 rings (SSSR count). The second-order valence-corrected chi connectivity index (χ2v) is 8.76. The topological polar surface area (TPSA) is 69.7 Å². The molecule has 0 atom stereocenters. The molecule has 1 heterocycles. The number of nitrogens with zero attached hydrogens (tertiary/aromatic N) is 2. The number of carbonyl (C=O) groups is 3. The summed E-state index contributed by atoms with van der Waals surface area (Å²) in [5, 5.41) is 2.79. The van der Waals surface area contributed by atoms with E-state index in [4.69, 9.17) is 11.6 Å². The van der Waals surface area contributed by atoms with Gasteiger partial charge in [-0.1, -0.05) is 54.6 Å². The number of aryl methyl sites for hydroxylation is 1. The van der Waals surface area contributed by atoms with E-state index >= 15 is 0 Å². The van der Waals surface area contributed by atoms with Gasteiger partial charge in [0.25, 0.3) is 17.7 Å². The number of halogens is 1. The molecule has 3 amide bonds. The van der Waals surface area contributed by atoms with Gasteiger partial charge < -0.3 is 10.2 Å². The average molecular weight is 452 g/mol. The molecule has 0 saturated heterocycles. The molecule has 0 aromatic heterocycles. The predicted molar refractivity (Wildman–Crippen MR) is 126 cm³/mol. The molecule has 6 nitrogen and oxygen atoms in total. The Hall–Kier alpha value is -3.12. The van der Waals surface area contributed by atoms with Gasteiger partial charge in [-0.2, -0.15) is 0 Å². The van der Waals surface area contributed by atoms with Crippen molar-refractivity contribution in [1.29, 1.82) is 0 Å². The Morgan fingerprint density at radius 1 is 1.03 bits per heavy atom. The Balaban J connectivity index is 1.52. The van der Waals surface area contributed by atoms with E-state index in [1.165, 1.54) is 6.42 Å². The summed E-state index contributed by atoms with van der Waals surface area (Å²) >= 11 is 6.23. The molecule has 0 bridgehead atoms. The van der Waals surface area contributed by atoms with Crippen molar-refractivity contribution in [3.63, 3.8) is 0 Å². The molecule has 1 N–H and O–H groups in total. The summed E-state index contributed by atoms with van der Waals surface area (Å²) in [5.74, 6) is -1.16. The first-order valence-corrected chi connectivity index (χ1v) is 11.2. The molecule has 1 fully saturated rings. The number of hydrogen-bond acceptors (Lipinski definition) is 4. The summed E-state index contributed by atoms with van der Waals surface area (Å²) < 4.78 is 0. The molecule has 1 saturated carbocycles. The number of amides is 3. The number of nitrogens with one attached hydrogen (secondary N) is 1. The van der Waals surface area contributed by atoms with Gasteiger partial charge in [-0.25, -0.2) is 4.90 Å². The molecule has 2 aliphatic rings. The van der Waals surface area contributed by atoms with Crippen molar-refractivity contribution in [2.24, 2.45) is 0 Å². The van der Waals surface area contributed by atoms with Gasteiger partial charge in [0, 0.05) is 24.3 Å². The molecule has 166 valence electrons. The summed E-state index contributed by atoms with van der Waals surface area (Å²) in [5.41, 5.74) is 2.52. The van der Waals surface area contributed by atoms with E-state index in [0.717, 1.165) is 36.1 Å². The lowest BCUT2D eigenvalue weighted by Crippen LogP contribution is -2.38. The van der Waals surface area contributed by atoms with Gasteiger partial charge in [-0.05, 0) is 50.1 Å². The highest BCUT2D eigenvalue weighted by Crippen LogP contribution is 2.30. The van der Waals surface area contributed by atoms with Gasteiger partial charge in [0.15, 0.2) is 0 Å². The van der Waals surface area contributed by atoms with Crippen LogP contribution in [0.3, 0.4) is 0 Å². The molecular formula is C25H26ClN3O3. The molecule has 0 spiro atoms. The molecule has 7 heteroatoms. The molecule has 2 aromatic rings. The Labute approximate surface area is 192 Å². The van der Waals surface area contributed by atoms with Gasteiger partial charge in [0.1, 0.15) is 10.7 Å². The number of rotatable bonds is 5. The second-order valence-electron chi connectivity index (χ2n) is 8.38. The first kappa shape index (κ1) is 22.1. The van der Waals surface area contributed by atoms with Crippen molar-refractivity contribution in [2.75, 3.05) is 17.3 Å². The third-order valence-electron chi connectivity index (χ3n) is 6.14. The summed E-state index contributed by atoms with van der Waals surface area (Å²) in [6.07, 6.45) is 5.55. The van der Waals surface area contributed by atoms with Crippen LogP contribution in [0.5, 0.6) is 0 Å². The van der Waals surface area contributed by atoms with Crippen molar-refractivity contribution in [3.8, 4) is 0 Å². The lowest BCUT2D eigenvalue weighted by Gasteiger charge is -2.31. The number of imide groups is 1. The predicted octanol–water partition coefficient (Wildman–Crippen LogP) is 4.84. The van der Waals surface area contributed by atoms with Crippen LogP contribution < -0.4 is 10.2 Å². The van der Waals surface area contributed by atoms with Crippen LogP contribution in [-0.4, -0.2) is 35.7 Å². The Morgan fingerprint density at radius 2 is 1.72 bits per heavy atom. The Morgan fingerprint density at radius 3 is 2.41 bits per heavy atom. The minimum atomic E-state index is -0.577. The van der Waals surface area contributed by atoms with E-state index in [0.29, 0.717) is 16.9 Å². The SMILES string of the molecule is Cc1ccc(N2C(=O)C(Cl)=C(Nc3cccc(C(=O)N(C)C4CCCCC4)c3)C2=O)cc1. The summed E-state index contributed by atoms with van der Waals surface area (Å²) in [6.45, 7) is 1.93. The van der Waals surface area contributed by atoms with Crippen LogP contribution >= 0.6 is 11.6 Å². The standard InChI is InChI=1S/C25H26ClN3O3/c1-16-11-13-20(14-12-16)29-24(31)21(26)22(25(29)32)27-18-8-6-7-17(15-18)23(30)28(2)19-9-4-3-5-10-19/h6-8,11-15,19,27H,3-5,9-10H2,1-2H3. The van der Waals surface area contributed by atoms with Gasteiger partial charge >= 0.3 is 0 Å². The number of hydrogen-bond donors (Lipinski definition) is 1. The fourth-order valence-corrected chi connectivity index (χ4v) is 4.46. The van der Waals surface area contributed by atoms with Crippen LogP contribution in [0.25, 0.3) is 0 Å². The molecule has 2 aromatic carbocycles. The quantitative estimate of drug-likeness (QED) is 0.660. The van der Waals surface area contributed by atoms with Crippen molar-refractivity contribution in [3.05, 3.63) is 70.4 Å². The molecule has 1 aliphatic heterocycles. The van der Waals surface area contributed by atoms with Crippen LogP contribution in [-0.2, 0) is 9.59 Å². The largest absolute Gasteiger partial charge is 0.350 e. The van der Waals surface area contributed by atoms with Gasteiger partial charge in [-0.3, -0.25) is 14.4 Å². The highest BCUT2D eigenvalue weighted by molar-refractivity contribution is 6.53. The summed E-state index contributed by atoms with van der Waals surface area (Å²) in [6, 6.07) is 14.2. The molecule has 0 unspecified atom stereocenters. The molecule has 0 radical (unpaired) electrons. The van der Waals surface area contributed by atoms with E-state index < -0.39 is 11.8 Å². The summed E-state index contributed by atoms with van der Waals surface area (Å²) in [7, 11) is 1.84. The maximum absolute atomic E-state index is 13.0. The lowest BCUT2D eigenvalue weighted by molar-refractivity contribution is -0.120. The van der Waals surface area contributed by atoms with Crippen LogP contribution in [0.1, 0.15) is 48.0 Å². The number of anilines is 2. The third-order valence-corrected chi connectivity index (χ3v) is 6.49. The second kappa shape index (κ2) is 9.17. The first-order chi connectivity index (χ1) is 15.4. The van der Waals surface area contributed by atoms with E-state index in [9.17, 15) is 14.4 Å². The Kier molecular flexibility index (Phi) is 6.33. The normalized spacial score (nSPS) is 17.2. The van der Waals surface area contributed by atoms with E-state index in [-0.39, 0.29) is 22.7 Å². The number of carbonyl (C=O) groups excluding carboxylic acids is 3. The van der Waals surface area contributed by atoms with Gasteiger partial charge in [0.2, 0.25) is 0 Å².